The molecule has 2 aromatic heterocycles. The van der Waals surface area contributed by atoms with Gasteiger partial charge in [-0.3, -0.25) is 14.4 Å². The largest absolute Gasteiger partial charge is 0.497 e. The van der Waals surface area contributed by atoms with Crippen LogP contribution in [0.1, 0.15) is 34.0 Å². The van der Waals surface area contributed by atoms with E-state index in [4.69, 9.17) is 4.74 Å². The summed E-state index contributed by atoms with van der Waals surface area (Å²) >= 11 is 0. The SMILES string of the molecule is COc1ccc(CCn2cc(C(=O)N3C[C@@H]4C[C@H](C3)c3cccc(=O)n3C4)c3ccccc3c2=O)cc1. The Morgan fingerprint density at radius 3 is 2.49 bits per heavy atom. The molecule has 7 nitrogen and oxygen atoms in total. The van der Waals surface area contributed by atoms with Gasteiger partial charge in [0.25, 0.3) is 17.0 Å². The second-order valence-corrected chi connectivity index (χ2v) is 10.1. The molecule has 7 heteroatoms. The van der Waals surface area contributed by atoms with Crippen LogP contribution in [0.25, 0.3) is 10.8 Å². The highest BCUT2D eigenvalue weighted by Gasteiger charge is 2.37. The molecular weight excluding hydrogens is 466 g/mol. The Morgan fingerprint density at radius 2 is 1.70 bits per heavy atom. The molecule has 2 aliphatic heterocycles. The smallest absolute Gasteiger partial charge is 0.258 e. The normalized spacial score (nSPS) is 18.5. The number of fused-ring (bicyclic) bond motifs is 5. The van der Waals surface area contributed by atoms with Crippen molar-refractivity contribution in [3.63, 3.8) is 0 Å². The Labute approximate surface area is 214 Å². The molecule has 188 valence electrons. The lowest BCUT2D eigenvalue weighted by atomic mass is 9.83. The van der Waals surface area contributed by atoms with Crippen LogP contribution < -0.4 is 15.9 Å². The van der Waals surface area contributed by atoms with E-state index in [1.54, 1.807) is 30.0 Å². The predicted octanol–water partition coefficient (Wildman–Crippen LogP) is 3.67. The molecule has 4 aromatic rings. The van der Waals surface area contributed by atoms with Crippen molar-refractivity contribution in [1.29, 1.82) is 0 Å². The molecule has 0 radical (unpaired) electrons. The van der Waals surface area contributed by atoms with Gasteiger partial charge in [0.2, 0.25) is 0 Å². The first-order chi connectivity index (χ1) is 18.0. The Morgan fingerprint density at radius 1 is 0.919 bits per heavy atom. The third-order valence-electron chi connectivity index (χ3n) is 7.79. The van der Waals surface area contributed by atoms with Crippen LogP contribution in [0.3, 0.4) is 0 Å². The van der Waals surface area contributed by atoms with Crippen molar-refractivity contribution < 1.29 is 9.53 Å². The Kier molecular flexibility index (Phi) is 5.91. The zero-order chi connectivity index (χ0) is 25.5. The molecule has 2 bridgehead atoms. The van der Waals surface area contributed by atoms with Crippen LogP contribution in [0.4, 0.5) is 0 Å². The fourth-order valence-corrected chi connectivity index (χ4v) is 5.95. The van der Waals surface area contributed by atoms with Crippen molar-refractivity contribution in [1.82, 2.24) is 14.0 Å². The third-order valence-corrected chi connectivity index (χ3v) is 7.79. The summed E-state index contributed by atoms with van der Waals surface area (Å²) in [6.07, 6.45) is 3.38. The molecule has 1 amide bonds. The number of benzene rings is 2. The van der Waals surface area contributed by atoms with Gasteiger partial charge in [0.05, 0.1) is 12.7 Å². The van der Waals surface area contributed by atoms with Crippen LogP contribution in [0, 0.1) is 5.92 Å². The lowest BCUT2D eigenvalue weighted by molar-refractivity contribution is 0.0595. The van der Waals surface area contributed by atoms with Gasteiger partial charge < -0.3 is 18.8 Å². The minimum absolute atomic E-state index is 0.0295. The van der Waals surface area contributed by atoms with Gasteiger partial charge in [-0.1, -0.05) is 36.4 Å². The summed E-state index contributed by atoms with van der Waals surface area (Å²) < 4.78 is 8.77. The fourth-order valence-electron chi connectivity index (χ4n) is 5.95. The number of pyridine rings is 2. The van der Waals surface area contributed by atoms with Crippen molar-refractivity contribution in [3.8, 4) is 5.75 Å². The van der Waals surface area contributed by atoms with Gasteiger partial charge in [-0.05, 0) is 48.6 Å². The number of amides is 1. The number of ether oxygens (including phenoxy) is 1. The number of carbonyl (C=O) groups is 1. The molecule has 0 aliphatic carbocycles. The second-order valence-electron chi connectivity index (χ2n) is 10.1. The molecule has 0 N–H and O–H groups in total. The zero-order valence-electron chi connectivity index (χ0n) is 20.8. The molecule has 1 fully saturated rings. The Hall–Kier alpha value is -4.13. The molecule has 37 heavy (non-hydrogen) atoms. The first kappa shape index (κ1) is 23.3. The quantitative estimate of drug-likeness (QED) is 0.424. The maximum Gasteiger partial charge on any atom is 0.258 e. The van der Waals surface area contributed by atoms with Crippen molar-refractivity contribution in [2.45, 2.75) is 31.8 Å². The average Bonchev–Trinajstić information content (AvgIpc) is 2.93. The summed E-state index contributed by atoms with van der Waals surface area (Å²) in [4.78, 5) is 41.6. The number of carbonyl (C=O) groups excluding carboxylic acids is 1. The van der Waals surface area contributed by atoms with Gasteiger partial charge in [-0.15, -0.1) is 0 Å². The molecule has 4 heterocycles. The highest BCUT2D eigenvalue weighted by Crippen LogP contribution is 2.35. The summed E-state index contributed by atoms with van der Waals surface area (Å²) in [6.45, 7) is 2.28. The molecule has 1 saturated heterocycles. The topological polar surface area (TPSA) is 73.5 Å². The number of likely N-dealkylation sites (tertiary alicyclic amines) is 1. The standard InChI is InChI=1S/C30H29N3O4/c1-37-23-11-9-20(10-12-23)13-14-31-19-26(24-5-2-3-6-25(24)29(31)35)30(36)32-16-21-15-22(18-32)27-7-4-8-28(34)33(27)17-21/h2-12,19,21-22H,13-18H2,1H3/t21-,22+/m0/s1. The fraction of sp³-hybridized carbons (Fsp3) is 0.300. The number of rotatable bonds is 5. The van der Waals surface area contributed by atoms with Gasteiger partial charge in [-0.2, -0.15) is 0 Å². The number of nitrogens with zero attached hydrogens (tertiary/aromatic N) is 3. The van der Waals surface area contributed by atoms with Crippen molar-refractivity contribution in [2.24, 2.45) is 5.92 Å². The Bertz CT molecular complexity index is 1600. The summed E-state index contributed by atoms with van der Waals surface area (Å²) in [5, 5.41) is 1.24. The van der Waals surface area contributed by atoms with E-state index in [1.165, 1.54) is 0 Å². The number of piperidine rings is 1. The molecule has 0 spiro atoms. The van der Waals surface area contributed by atoms with Crippen molar-refractivity contribution in [2.75, 3.05) is 20.2 Å². The zero-order valence-corrected chi connectivity index (χ0v) is 20.8. The van der Waals surface area contributed by atoms with Gasteiger partial charge >= 0.3 is 0 Å². The summed E-state index contributed by atoms with van der Waals surface area (Å²) in [7, 11) is 1.64. The van der Waals surface area contributed by atoms with E-state index in [-0.39, 0.29) is 28.9 Å². The van der Waals surface area contributed by atoms with Crippen LogP contribution >= 0.6 is 0 Å². The first-order valence-electron chi connectivity index (χ1n) is 12.8. The minimum Gasteiger partial charge on any atom is -0.497 e. The monoisotopic (exact) mass is 495 g/mol. The number of hydrogen-bond donors (Lipinski definition) is 0. The van der Waals surface area contributed by atoms with Gasteiger partial charge in [0.1, 0.15) is 5.75 Å². The molecule has 2 atom stereocenters. The van der Waals surface area contributed by atoms with Crippen LogP contribution in [0.5, 0.6) is 5.75 Å². The van der Waals surface area contributed by atoms with E-state index in [1.807, 2.05) is 64.1 Å². The second kappa shape index (κ2) is 9.39. The van der Waals surface area contributed by atoms with E-state index in [0.717, 1.165) is 23.4 Å². The Balaban J connectivity index is 1.32. The van der Waals surface area contributed by atoms with Crippen molar-refractivity contribution in [3.05, 3.63) is 110 Å². The average molecular weight is 496 g/mol. The predicted molar refractivity (Wildman–Crippen MR) is 142 cm³/mol. The van der Waals surface area contributed by atoms with E-state index in [0.29, 0.717) is 48.9 Å². The van der Waals surface area contributed by atoms with Crippen LogP contribution in [-0.4, -0.2) is 40.1 Å². The molecule has 0 unspecified atom stereocenters. The number of aryl methyl sites for hydroxylation is 2. The highest BCUT2D eigenvalue weighted by molar-refractivity contribution is 6.06. The van der Waals surface area contributed by atoms with Crippen LogP contribution in [0.15, 0.2) is 82.5 Å². The van der Waals surface area contributed by atoms with Crippen molar-refractivity contribution >= 4 is 16.7 Å². The lowest BCUT2D eigenvalue weighted by Gasteiger charge is -2.42. The van der Waals surface area contributed by atoms with E-state index >= 15 is 0 Å². The molecular formula is C30H29N3O4. The maximum absolute atomic E-state index is 14.0. The van der Waals surface area contributed by atoms with E-state index in [9.17, 15) is 14.4 Å². The van der Waals surface area contributed by atoms with E-state index < -0.39 is 0 Å². The molecule has 2 aromatic carbocycles. The van der Waals surface area contributed by atoms with Gasteiger partial charge in [0.15, 0.2) is 0 Å². The third kappa shape index (κ3) is 4.24. The molecule has 0 saturated carbocycles. The minimum atomic E-state index is -0.0931. The molecule has 2 aliphatic rings. The summed E-state index contributed by atoms with van der Waals surface area (Å²) in [5.74, 6) is 1.11. The summed E-state index contributed by atoms with van der Waals surface area (Å²) in [5.41, 5.74) is 2.59. The number of aromatic nitrogens is 2. The van der Waals surface area contributed by atoms with Gasteiger partial charge in [0, 0.05) is 60.8 Å². The van der Waals surface area contributed by atoms with Crippen LogP contribution in [0.2, 0.25) is 0 Å². The van der Waals surface area contributed by atoms with Gasteiger partial charge in [-0.25, -0.2) is 0 Å². The lowest BCUT2D eigenvalue weighted by Crippen LogP contribution is -2.49. The highest BCUT2D eigenvalue weighted by atomic mass is 16.5. The molecule has 6 rings (SSSR count). The summed E-state index contributed by atoms with van der Waals surface area (Å²) in [6, 6.07) is 20.6. The van der Waals surface area contributed by atoms with E-state index in [2.05, 4.69) is 0 Å². The number of methoxy groups -OCH3 is 1. The number of hydrogen-bond acceptors (Lipinski definition) is 4. The van der Waals surface area contributed by atoms with Crippen LogP contribution in [-0.2, 0) is 19.5 Å². The first-order valence-corrected chi connectivity index (χ1v) is 12.8. The maximum atomic E-state index is 14.0.